The van der Waals surface area contributed by atoms with Crippen LogP contribution >= 0.6 is 11.6 Å². The second-order valence-corrected chi connectivity index (χ2v) is 4.38. The van der Waals surface area contributed by atoms with Crippen LogP contribution in [0.1, 0.15) is 12.5 Å². The average Bonchev–Trinajstić information content (AvgIpc) is 2.41. The summed E-state index contributed by atoms with van der Waals surface area (Å²) in [4.78, 5) is 0. The molecule has 0 aromatic heterocycles. The third kappa shape index (κ3) is 3.51. The van der Waals surface area contributed by atoms with Crippen LogP contribution in [0.25, 0.3) is 0 Å². The van der Waals surface area contributed by atoms with E-state index in [0.717, 1.165) is 17.8 Å². The zero-order valence-corrected chi connectivity index (χ0v) is 10.9. The third-order valence-corrected chi connectivity index (χ3v) is 2.79. The molecule has 0 heterocycles. The molecule has 0 bridgehead atoms. The van der Waals surface area contributed by atoms with Gasteiger partial charge in [-0.1, -0.05) is 11.6 Å². The normalized spacial score (nSPS) is 11.5. The summed E-state index contributed by atoms with van der Waals surface area (Å²) < 4.78 is 25.9. The molecule has 5 heteroatoms. The minimum Gasteiger partial charge on any atom is -0.278 e. The van der Waals surface area contributed by atoms with Gasteiger partial charge < -0.3 is 0 Å². The highest BCUT2D eigenvalue weighted by Crippen LogP contribution is 2.14. The molecule has 0 radical (unpaired) electrons. The fraction of sp³-hybridized carbons (Fsp3) is 0.0714. The van der Waals surface area contributed by atoms with Crippen LogP contribution < -0.4 is 5.43 Å². The molecule has 0 aliphatic heterocycles. The number of hydrazone groups is 1. The molecule has 0 amide bonds. The van der Waals surface area contributed by atoms with Gasteiger partial charge in [-0.05, 0) is 49.4 Å². The van der Waals surface area contributed by atoms with Crippen molar-refractivity contribution in [1.82, 2.24) is 0 Å². The monoisotopic (exact) mass is 280 g/mol. The third-order valence-electron chi connectivity index (χ3n) is 2.53. The molecule has 98 valence electrons. The van der Waals surface area contributed by atoms with Gasteiger partial charge in [-0.25, -0.2) is 8.78 Å². The molecule has 2 aromatic carbocycles. The molecule has 0 fully saturated rings. The molecule has 0 atom stereocenters. The maximum absolute atomic E-state index is 13.1. The van der Waals surface area contributed by atoms with E-state index in [4.69, 9.17) is 11.6 Å². The number of hydrogen-bond donors (Lipinski definition) is 1. The summed E-state index contributed by atoms with van der Waals surface area (Å²) >= 11 is 5.76. The van der Waals surface area contributed by atoms with E-state index in [1.54, 1.807) is 31.2 Å². The Morgan fingerprint density at radius 2 is 1.74 bits per heavy atom. The molecule has 0 unspecified atom stereocenters. The number of nitrogens with zero attached hydrogens (tertiary/aromatic N) is 1. The number of anilines is 1. The first-order chi connectivity index (χ1) is 9.06. The summed E-state index contributed by atoms with van der Waals surface area (Å²) in [7, 11) is 0. The zero-order chi connectivity index (χ0) is 13.8. The van der Waals surface area contributed by atoms with E-state index in [0.29, 0.717) is 16.3 Å². The SMILES string of the molecule is C/C(=N/Nc1ccc(Cl)cc1)c1ccc(F)c(F)c1. The van der Waals surface area contributed by atoms with Crippen LogP contribution in [-0.4, -0.2) is 5.71 Å². The molecular formula is C14H11ClF2N2. The predicted octanol–water partition coefficient (Wildman–Crippen LogP) is 4.45. The van der Waals surface area contributed by atoms with Crippen molar-refractivity contribution in [2.75, 3.05) is 5.43 Å². The van der Waals surface area contributed by atoms with E-state index >= 15 is 0 Å². The van der Waals surface area contributed by atoms with Crippen molar-refractivity contribution in [3.8, 4) is 0 Å². The Morgan fingerprint density at radius 3 is 2.37 bits per heavy atom. The van der Waals surface area contributed by atoms with E-state index in [-0.39, 0.29) is 0 Å². The van der Waals surface area contributed by atoms with E-state index in [1.165, 1.54) is 6.07 Å². The van der Waals surface area contributed by atoms with Gasteiger partial charge in [0.05, 0.1) is 11.4 Å². The van der Waals surface area contributed by atoms with E-state index < -0.39 is 11.6 Å². The molecule has 0 aliphatic carbocycles. The highest BCUT2D eigenvalue weighted by Gasteiger charge is 2.04. The molecule has 19 heavy (non-hydrogen) atoms. The Morgan fingerprint density at radius 1 is 1.05 bits per heavy atom. The molecule has 0 spiro atoms. The lowest BCUT2D eigenvalue weighted by atomic mass is 10.1. The van der Waals surface area contributed by atoms with Gasteiger partial charge in [-0.3, -0.25) is 5.43 Å². The molecule has 1 N–H and O–H groups in total. The first-order valence-corrected chi connectivity index (χ1v) is 5.95. The summed E-state index contributed by atoms with van der Waals surface area (Å²) in [6.45, 7) is 1.70. The Labute approximate surface area is 114 Å². The van der Waals surface area contributed by atoms with Crippen molar-refractivity contribution in [2.24, 2.45) is 5.10 Å². The summed E-state index contributed by atoms with van der Waals surface area (Å²) in [6.07, 6.45) is 0. The summed E-state index contributed by atoms with van der Waals surface area (Å²) in [5.41, 5.74) is 4.64. The highest BCUT2D eigenvalue weighted by molar-refractivity contribution is 6.30. The van der Waals surface area contributed by atoms with Crippen LogP contribution in [-0.2, 0) is 0 Å². The number of benzene rings is 2. The van der Waals surface area contributed by atoms with Gasteiger partial charge in [0.25, 0.3) is 0 Å². The predicted molar refractivity (Wildman–Crippen MR) is 73.6 cm³/mol. The number of rotatable bonds is 3. The fourth-order valence-corrected chi connectivity index (χ4v) is 1.58. The van der Waals surface area contributed by atoms with Crippen molar-refractivity contribution in [2.45, 2.75) is 6.92 Å². The van der Waals surface area contributed by atoms with Crippen LogP contribution in [0.15, 0.2) is 47.6 Å². The smallest absolute Gasteiger partial charge is 0.159 e. The van der Waals surface area contributed by atoms with Crippen molar-refractivity contribution < 1.29 is 8.78 Å². The molecule has 2 rings (SSSR count). The quantitative estimate of drug-likeness (QED) is 0.652. The van der Waals surface area contributed by atoms with Crippen LogP contribution in [0.3, 0.4) is 0 Å². The minimum absolute atomic E-state index is 0.514. The van der Waals surface area contributed by atoms with Gasteiger partial charge in [-0.2, -0.15) is 5.10 Å². The van der Waals surface area contributed by atoms with E-state index in [1.807, 2.05) is 0 Å². The standard InChI is InChI=1S/C14H11ClF2N2/c1-9(10-2-7-13(16)14(17)8-10)18-19-12-5-3-11(15)4-6-12/h2-8,19H,1H3/b18-9-. The lowest BCUT2D eigenvalue weighted by Crippen LogP contribution is -2.01. The van der Waals surface area contributed by atoms with E-state index in [2.05, 4.69) is 10.5 Å². The summed E-state index contributed by atoms with van der Waals surface area (Å²) in [5.74, 6) is -1.76. The lowest BCUT2D eigenvalue weighted by Gasteiger charge is -2.04. The second kappa shape index (κ2) is 5.80. The summed E-state index contributed by atoms with van der Waals surface area (Å²) in [5, 5.41) is 4.73. The molecule has 2 aromatic rings. The molecule has 0 saturated carbocycles. The number of halogens is 3. The van der Waals surface area contributed by atoms with Gasteiger partial charge in [0.2, 0.25) is 0 Å². The fourth-order valence-electron chi connectivity index (χ4n) is 1.46. The minimum atomic E-state index is -0.890. The first-order valence-electron chi connectivity index (χ1n) is 5.57. The lowest BCUT2D eigenvalue weighted by molar-refractivity contribution is 0.508. The Balaban J connectivity index is 2.14. The van der Waals surface area contributed by atoms with E-state index in [9.17, 15) is 8.78 Å². The largest absolute Gasteiger partial charge is 0.278 e. The molecule has 0 aliphatic rings. The van der Waals surface area contributed by atoms with Gasteiger partial charge in [0, 0.05) is 10.6 Å². The average molecular weight is 281 g/mol. The second-order valence-electron chi connectivity index (χ2n) is 3.94. The van der Waals surface area contributed by atoms with Crippen LogP contribution in [0.2, 0.25) is 5.02 Å². The zero-order valence-electron chi connectivity index (χ0n) is 10.1. The molecule has 2 nitrogen and oxygen atoms in total. The Bertz CT molecular complexity index is 609. The van der Waals surface area contributed by atoms with Gasteiger partial charge in [0.15, 0.2) is 11.6 Å². The Kier molecular flexibility index (Phi) is 4.12. The maximum atomic E-state index is 13.1. The van der Waals surface area contributed by atoms with Crippen LogP contribution in [0, 0.1) is 11.6 Å². The number of nitrogens with one attached hydrogen (secondary N) is 1. The molecular weight excluding hydrogens is 270 g/mol. The summed E-state index contributed by atoms with van der Waals surface area (Å²) in [6, 6.07) is 10.7. The highest BCUT2D eigenvalue weighted by atomic mass is 35.5. The topological polar surface area (TPSA) is 24.4 Å². The van der Waals surface area contributed by atoms with Crippen molar-refractivity contribution in [3.63, 3.8) is 0 Å². The van der Waals surface area contributed by atoms with Gasteiger partial charge in [-0.15, -0.1) is 0 Å². The maximum Gasteiger partial charge on any atom is 0.159 e. The van der Waals surface area contributed by atoms with Crippen molar-refractivity contribution >= 4 is 23.0 Å². The van der Waals surface area contributed by atoms with Crippen molar-refractivity contribution in [1.29, 1.82) is 0 Å². The first kappa shape index (κ1) is 13.5. The van der Waals surface area contributed by atoms with Gasteiger partial charge >= 0.3 is 0 Å². The van der Waals surface area contributed by atoms with Gasteiger partial charge in [0.1, 0.15) is 0 Å². The Hall–Kier alpha value is -1.94. The van der Waals surface area contributed by atoms with Crippen LogP contribution in [0.4, 0.5) is 14.5 Å². The van der Waals surface area contributed by atoms with Crippen molar-refractivity contribution in [3.05, 3.63) is 64.7 Å². The molecule has 0 saturated heterocycles. The van der Waals surface area contributed by atoms with Crippen LogP contribution in [0.5, 0.6) is 0 Å². The number of hydrogen-bond acceptors (Lipinski definition) is 2.